The Kier molecular flexibility index (Phi) is 4.76. The van der Waals surface area contributed by atoms with Crippen LogP contribution in [0, 0.1) is 5.41 Å². The van der Waals surface area contributed by atoms with E-state index < -0.39 is 11.4 Å². The first-order valence-corrected chi connectivity index (χ1v) is 7.98. The number of ether oxygens (including phenoxy) is 1. The van der Waals surface area contributed by atoms with Crippen LogP contribution in [0.5, 0.6) is 0 Å². The van der Waals surface area contributed by atoms with E-state index >= 15 is 0 Å². The van der Waals surface area contributed by atoms with Crippen molar-refractivity contribution in [2.75, 3.05) is 45.9 Å². The van der Waals surface area contributed by atoms with Gasteiger partial charge in [0.15, 0.2) is 0 Å². The van der Waals surface area contributed by atoms with Crippen LogP contribution < -0.4 is 0 Å². The highest BCUT2D eigenvalue weighted by Crippen LogP contribution is 2.33. The topological polar surface area (TPSA) is 53.0 Å². The molecule has 0 saturated carbocycles. The largest absolute Gasteiger partial charge is 0.481 e. The van der Waals surface area contributed by atoms with Crippen molar-refractivity contribution < 1.29 is 14.6 Å². The van der Waals surface area contributed by atoms with Crippen molar-refractivity contribution in [3.8, 4) is 0 Å². The van der Waals surface area contributed by atoms with Gasteiger partial charge in [0.1, 0.15) is 0 Å². The van der Waals surface area contributed by atoms with Gasteiger partial charge >= 0.3 is 5.97 Å². The fourth-order valence-electron chi connectivity index (χ4n) is 3.49. The molecule has 0 spiro atoms. The van der Waals surface area contributed by atoms with Crippen molar-refractivity contribution in [3.63, 3.8) is 0 Å². The average molecular weight is 304 g/mol. The number of hydrogen-bond donors (Lipinski definition) is 1. The van der Waals surface area contributed by atoms with Crippen molar-refractivity contribution in [1.82, 2.24) is 9.80 Å². The summed E-state index contributed by atoms with van der Waals surface area (Å²) in [6.45, 7) is 6.06. The zero-order valence-corrected chi connectivity index (χ0v) is 12.9. The van der Waals surface area contributed by atoms with Crippen molar-refractivity contribution in [3.05, 3.63) is 35.9 Å². The van der Waals surface area contributed by atoms with Crippen LogP contribution in [-0.2, 0) is 16.1 Å². The van der Waals surface area contributed by atoms with Gasteiger partial charge in [0.2, 0.25) is 0 Å². The molecule has 5 nitrogen and oxygen atoms in total. The summed E-state index contributed by atoms with van der Waals surface area (Å²) in [7, 11) is 0. The number of carbonyl (C=O) groups is 1. The van der Waals surface area contributed by atoms with Gasteiger partial charge in [0, 0.05) is 32.7 Å². The lowest BCUT2D eigenvalue weighted by Crippen LogP contribution is -2.48. The van der Waals surface area contributed by atoms with Gasteiger partial charge in [-0.15, -0.1) is 0 Å². The van der Waals surface area contributed by atoms with Crippen LogP contribution >= 0.6 is 0 Å². The molecule has 2 aliphatic rings. The third kappa shape index (κ3) is 3.48. The van der Waals surface area contributed by atoms with Gasteiger partial charge in [-0.25, -0.2) is 0 Å². The first-order chi connectivity index (χ1) is 10.7. The van der Waals surface area contributed by atoms with Gasteiger partial charge in [-0.3, -0.25) is 14.6 Å². The number of nitrogens with zero attached hydrogens (tertiary/aromatic N) is 2. The van der Waals surface area contributed by atoms with Crippen molar-refractivity contribution >= 4 is 5.97 Å². The highest BCUT2D eigenvalue weighted by molar-refractivity contribution is 5.75. The molecule has 1 atom stereocenters. The quantitative estimate of drug-likeness (QED) is 0.888. The molecule has 22 heavy (non-hydrogen) atoms. The van der Waals surface area contributed by atoms with E-state index in [-0.39, 0.29) is 0 Å². The number of morpholine rings is 1. The molecule has 1 aromatic carbocycles. The Labute approximate surface area is 131 Å². The normalized spacial score (nSPS) is 27.1. The standard InChI is InChI=1S/C17H24N2O3/c20-16(21)17(13-18-8-10-22-11-9-18)6-7-19(14-17)12-15-4-2-1-3-5-15/h1-5H,6-14H2,(H,20,21). The Hall–Kier alpha value is -1.43. The Morgan fingerprint density at radius 2 is 1.86 bits per heavy atom. The summed E-state index contributed by atoms with van der Waals surface area (Å²) < 4.78 is 5.36. The smallest absolute Gasteiger partial charge is 0.312 e. The van der Waals surface area contributed by atoms with Crippen LogP contribution in [0.4, 0.5) is 0 Å². The zero-order valence-electron chi connectivity index (χ0n) is 12.9. The molecule has 120 valence electrons. The third-order valence-corrected chi connectivity index (χ3v) is 4.77. The zero-order chi connectivity index (χ0) is 15.4. The summed E-state index contributed by atoms with van der Waals surface area (Å²) in [6, 6.07) is 10.3. The van der Waals surface area contributed by atoms with E-state index in [1.54, 1.807) is 0 Å². The highest BCUT2D eigenvalue weighted by atomic mass is 16.5. The first kappa shape index (κ1) is 15.5. The van der Waals surface area contributed by atoms with Crippen LogP contribution in [0.15, 0.2) is 30.3 Å². The maximum absolute atomic E-state index is 11.9. The van der Waals surface area contributed by atoms with Crippen LogP contribution in [0.2, 0.25) is 0 Å². The maximum Gasteiger partial charge on any atom is 0.312 e. The lowest BCUT2D eigenvalue weighted by molar-refractivity contribution is -0.150. The molecule has 0 aromatic heterocycles. The highest BCUT2D eigenvalue weighted by Gasteiger charge is 2.45. The van der Waals surface area contributed by atoms with Crippen LogP contribution in [-0.4, -0.2) is 66.8 Å². The van der Waals surface area contributed by atoms with Crippen molar-refractivity contribution in [1.29, 1.82) is 0 Å². The van der Waals surface area contributed by atoms with E-state index in [2.05, 4.69) is 21.9 Å². The molecule has 0 aliphatic carbocycles. The van der Waals surface area contributed by atoms with Gasteiger partial charge in [-0.1, -0.05) is 30.3 Å². The molecule has 0 radical (unpaired) electrons. The minimum absolute atomic E-state index is 0.633. The number of carboxylic acid groups (broad SMARTS) is 1. The minimum atomic E-state index is -0.658. The summed E-state index contributed by atoms with van der Waals surface area (Å²) in [5.41, 5.74) is 0.613. The molecule has 1 N–H and O–H groups in total. The summed E-state index contributed by atoms with van der Waals surface area (Å²) >= 11 is 0. The summed E-state index contributed by atoms with van der Waals surface area (Å²) in [5.74, 6) is -0.658. The molecule has 2 saturated heterocycles. The molecule has 0 amide bonds. The van der Waals surface area contributed by atoms with E-state index in [9.17, 15) is 9.90 Å². The number of hydrogen-bond acceptors (Lipinski definition) is 4. The number of rotatable bonds is 5. The molecule has 5 heteroatoms. The van der Waals surface area contributed by atoms with Crippen molar-refractivity contribution in [2.24, 2.45) is 5.41 Å². The fourth-order valence-corrected chi connectivity index (χ4v) is 3.49. The lowest BCUT2D eigenvalue weighted by atomic mass is 9.86. The van der Waals surface area contributed by atoms with E-state index in [1.165, 1.54) is 5.56 Å². The Morgan fingerprint density at radius 1 is 1.14 bits per heavy atom. The van der Waals surface area contributed by atoms with E-state index in [0.717, 1.165) is 32.6 Å². The summed E-state index contributed by atoms with van der Waals surface area (Å²) in [6.07, 6.45) is 0.729. The Balaban J connectivity index is 1.63. The summed E-state index contributed by atoms with van der Waals surface area (Å²) in [5, 5.41) is 9.79. The predicted molar refractivity (Wildman–Crippen MR) is 83.7 cm³/mol. The molecule has 1 unspecified atom stereocenters. The first-order valence-electron chi connectivity index (χ1n) is 7.98. The second-order valence-electron chi connectivity index (χ2n) is 6.42. The number of benzene rings is 1. The predicted octanol–water partition coefficient (Wildman–Crippen LogP) is 1.30. The van der Waals surface area contributed by atoms with Crippen LogP contribution in [0.25, 0.3) is 0 Å². The van der Waals surface area contributed by atoms with Gasteiger partial charge < -0.3 is 9.84 Å². The Morgan fingerprint density at radius 3 is 2.55 bits per heavy atom. The maximum atomic E-state index is 11.9. The Bertz CT molecular complexity index is 502. The number of carboxylic acids is 1. The molecular formula is C17H24N2O3. The molecular weight excluding hydrogens is 280 g/mol. The minimum Gasteiger partial charge on any atom is -0.481 e. The van der Waals surface area contributed by atoms with Gasteiger partial charge in [-0.2, -0.15) is 0 Å². The second-order valence-corrected chi connectivity index (χ2v) is 6.42. The van der Waals surface area contributed by atoms with Crippen LogP contribution in [0.1, 0.15) is 12.0 Å². The monoisotopic (exact) mass is 304 g/mol. The van der Waals surface area contributed by atoms with E-state index in [4.69, 9.17) is 4.74 Å². The molecule has 3 rings (SSSR count). The molecule has 2 heterocycles. The number of likely N-dealkylation sites (tertiary alicyclic amines) is 1. The van der Waals surface area contributed by atoms with Crippen molar-refractivity contribution in [2.45, 2.75) is 13.0 Å². The molecule has 2 aliphatic heterocycles. The lowest BCUT2D eigenvalue weighted by Gasteiger charge is -2.34. The molecule has 1 aromatic rings. The summed E-state index contributed by atoms with van der Waals surface area (Å²) in [4.78, 5) is 16.4. The SMILES string of the molecule is O=C(O)C1(CN2CCOCC2)CCN(Cc2ccccc2)C1. The van der Waals surface area contributed by atoms with Gasteiger partial charge in [0.25, 0.3) is 0 Å². The van der Waals surface area contributed by atoms with E-state index in [1.807, 2.05) is 18.2 Å². The second kappa shape index (κ2) is 6.77. The fraction of sp³-hybridized carbons (Fsp3) is 0.588. The van der Waals surface area contributed by atoms with E-state index in [0.29, 0.717) is 26.3 Å². The van der Waals surface area contributed by atoms with Gasteiger partial charge in [-0.05, 0) is 18.5 Å². The number of aliphatic carboxylic acids is 1. The average Bonchev–Trinajstić information content (AvgIpc) is 2.93. The molecule has 0 bridgehead atoms. The third-order valence-electron chi connectivity index (χ3n) is 4.77. The van der Waals surface area contributed by atoms with Gasteiger partial charge in [0.05, 0.1) is 18.6 Å². The van der Waals surface area contributed by atoms with Crippen LogP contribution in [0.3, 0.4) is 0 Å². The molecule has 2 fully saturated rings.